The fourth-order valence-corrected chi connectivity index (χ4v) is 3.28. The predicted octanol–water partition coefficient (Wildman–Crippen LogP) is 2.93. The van der Waals surface area contributed by atoms with Crippen molar-refractivity contribution in [3.8, 4) is 0 Å². The van der Waals surface area contributed by atoms with Crippen molar-refractivity contribution in [3.63, 3.8) is 0 Å². The van der Waals surface area contributed by atoms with E-state index in [2.05, 4.69) is 17.4 Å². The smallest absolute Gasteiger partial charge is 0.223 e. The highest BCUT2D eigenvalue weighted by Crippen LogP contribution is 2.23. The van der Waals surface area contributed by atoms with Crippen molar-refractivity contribution >= 4 is 11.8 Å². The Morgan fingerprint density at radius 2 is 1.64 bits per heavy atom. The maximum atomic E-state index is 12.2. The van der Waals surface area contributed by atoms with Crippen LogP contribution in [0.3, 0.4) is 0 Å². The third kappa shape index (κ3) is 4.92. The highest BCUT2D eigenvalue weighted by atomic mass is 16.2. The number of nitrogens with one attached hydrogen (secondary N) is 1. The molecule has 0 aliphatic carbocycles. The Balaban J connectivity index is 1.48. The normalized spacial score (nSPS) is 16.9. The van der Waals surface area contributed by atoms with Crippen LogP contribution in [0.15, 0.2) is 60.7 Å². The first kappa shape index (κ1) is 17.2. The number of rotatable bonds is 7. The minimum atomic E-state index is 0.00410. The van der Waals surface area contributed by atoms with Crippen molar-refractivity contribution in [3.05, 3.63) is 71.8 Å². The summed E-state index contributed by atoms with van der Waals surface area (Å²) in [5.41, 5.74) is 2.32. The van der Waals surface area contributed by atoms with Gasteiger partial charge in [0.2, 0.25) is 11.8 Å². The molecule has 1 unspecified atom stereocenters. The zero-order valence-corrected chi connectivity index (χ0v) is 14.4. The van der Waals surface area contributed by atoms with Gasteiger partial charge in [0.05, 0.1) is 0 Å². The fraction of sp³-hybridized carbons (Fsp3) is 0.333. The zero-order valence-electron chi connectivity index (χ0n) is 14.4. The van der Waals surface area contributed by atoms with Crippen molar-refractivity contribution in [1.29, 1.82) is 0 Å². The van der Waals surface area contributed by atoms with Crippen LogP contribution < -0.4 is 5.32 Å². The number of hydrogen-bond acceptors (Lipinski definition) is 2. The van der Waals surface area contributed by atoms with Crippen molar-refractivity contribution in [1.82, 2.24) is 10.2 Å². The van der Waals surface area contributed by atoms with Gasteiger partial charge in [0.25, 0.3) is 0 Å². The Hall–Kier alpha value is -2.62. The quantitative estimate of drug-likeness (QED) is 0.845. The van der Waals surface area contributed by atoms with E-state index < -0.39 is 0 Å². The SMILES string of the molecule is O=C(CC1CCC(=O)N1Cc1ccccc1)NCCc1ccccc1. The van der Waals surface area contributed by atoms with Crippen LogP contribution in [0.4, 0.5) is 0 Å². The highest BCUT2D eigenvalue weighted by Gasteiger charge is 2.32. The standard InChI is InChI=1S/C21H24N2O2/c24-20(22-14-13-17-7-3-1-4-8-17)15-19-11-12-21(25)23(19)16-18-9-5-2-6-10-18/h1-10,19H,11-16H2,(H,22,24). The number of benzene rings is 2. The molecular weight excluding hydrogens is 312 g/mol. The number of hydrogen-bond donors (Lipinski definition) is 1. The van der Waals surface area contributed by atoms with Gasteiger partial charge < -0.3 is 10.2 Å². The van der Waals surface area contributed by atoms with Crippen molar-refractivity contribution in [2.75, 3.05) is 6.54 Å². The molecule has 2 aromatic rings. The lowest BCUT2D eigenvalue weighted by Crippen LogP contribution is -2.37. The molecule has 1 fully saturated rings. The second kappa shape index (κ2) is 8.47. The van der Waals surface area contributed by atoms with Crippen LogP contribution >= 0.6 is 0 Å². The van der Waals surface area contributed by atoms with Gasteiger partial charge in [-0.15, -0.1) is 0 Å². The second-order valence-corrected chi connectivity index (χ2v) is 6.49. The van der Waals surface area contributed by atoms with Crippen molar-refractivity contribution < 1.29 is 9.59 Å². The van der Waals surface area contributed by atoms with Crippen LogP contribution in [0.25, 0.3) is 0 Å². The molecule has 4 nitrogen and oxygen atoms in total. The summed E-state index contributed by atoms with van der Waals surface area (Å²) in [4.78, 5) is 26.3. The van der Waals surface area contributed by atoms with Crippen LogP contribution in [0, 0.1) is 0 Å². The van der Waals surface area contributed by atoms with Gasteiger partial charge in [0.1, 0.15) is 0 Å². The molecule has 25 heavy (non-hydrogen) atoms. The molecule has 1 atom stereocenters. The van der Waals surface area contributed by atoms with E-state index in [9.17, 15) is 9.59 Å². The van der Waals surface area contributed by atoms with Gasteiger partial charge in [-0.05, 0) is 24.0 Å². The predicted molar refractivity (Wildman–Crippen MR) is 97.8 cm³/mol. The summed E-state index contributed by atoms with van der Waals surface area (Å²) in [5, 5.41) is 2.98. The van der Waals surface area contributed by atoms with E-state index in [-0.39, 0.29) is 17.9 Å². The number of nitrogens with zero attached hydrogens (tertiary/aromatic N) is 1. The van der Waals surface area contributed by atoms with Gasteiger partial charge in [0, 0.05) is 32.0 Å². The Bertz CT molecular complexity index is 700. The van der Waals surface area contributed by atoms with Crippen LogP contribution in [-0.2, 0) is 22.6 Å². The first-order chi connectivity index (χ1) is 12.2. The molecule has 130 valence electrons. The Labute approximate surface area is 148 Å². The Morgan fingerprint density at radius 1 is 1.00 bits per heavy atom. The minimum absolute atomic E-state index is 0.00410. The third-order valence-electron chi connectivity index (χ3n) is 4.65. The molecule has 4 heteroatoms. The van der Waals surface area contributed by atoms with Crippen LogP contribution in [0.1, 0.15) is 30.4 Å². The van der Waals surface area contributed by atoms with Gasteiger partial charge in [0.15, 0.2) is 0 Å². The maximum absolute atomic E-state index is 12.2. The molecule has 1 N–H and O–H groups in total. The average molecular weight is 336 g/mol. The summed E-state index contributed by atoms with van der Waals surface area (Å²) in [5.74, 6) is 0.166. The minimum Gasteiger partial charge on any atom is -0.356 e. The number of carbonyl (C=O) groups excluding carboxylic acids is 2. The summed E-state index contributed by atoms with van der Waals surface area (Å²) in [7, 11) is 0. The summed E-state index contributed by atoms with van der Waals surface area (Å²) < 4.78 is 0. The topological polar surface area (TPSA) is 49.4 Å². The van der Waals surface area contributed by atoms with Crippen LogP contribution in [0.5, 0.6) is 0 Å². The molecule has 2 amide bonds. The molecule has 0 saturated carbocycles. The molecule has 0 spiro atoms. The van der Waals surface area contributed by atoms with Crippen LogP contribution in [-0.4, -0.2) is 29.3 Å². The molecule has 3 rings (SSSR count). The maximum Gasteiger partial charge on any atom is 0.223 e. The van der Waals surface area contributed by atoms with Gasteiger partial charge in [-0.2, -0.15) is 0 Å². The first-order valence-electron chi connectivity index (χ1n) is 8.86. The van der Waals surface area contributed by atoms with Gasteiger partial charge in [-0.25, -0.2) is 0 Å². The molecule has 1 saturated heterocycles. The van der Waals surface area contributed by atoms with E-state index in [4.69, 9.17) is 0 Å². The van der Waals surface area contributed by atoms with E-state index in [0.29, 0.717) is 25.9 Å². The molecular formula is C21H24N2O2. The lowest BCUT2D eigenvalue weighted by atomic mass is 10.1. The van der Waals surface area contributed by atoms with E-state index >= 15 is 0 Å². The number of likely N-dealkylation sites (tertiary alicyclic amines) is 1. The molecule has 1 aliphatic heterocycles. The monoisotopic (exact) mass is 336 g/mol. The van der Waals surface area contributed by atoms with E-state index in [1.807, 2.05) is 53.4 Å². The van der Waals surface area contributed by atoms with E-state index in [1.165, 1.54) is 5.56 Å². The average Bonchev–Trinajstić information content (AvgIpc) is 2.97. The zero-order chi connectivity index (χ0) is 17.5. The molecule has 0 radical (unpaired) electrons. The third-order valence-corrected chi connectivity index (χ3v) is 4.65. The largest absolute Gasteiger partial charge is 0.356 e. The number of carbonyl (C=O) groups is 2. The molecule has 0 bridgehead atoms. The van der Waals surface area contributed by atoms with E-state index in [1.54, 1.807) is 0 Å². The summed E-state index contributed by atoms with van der Waals surface area (Å²) in [6.07, 6.45) is 2.50. The summed E-state index contributed by atoms with van der Waals surface area (Å²) in [6, 6.07) is 20.1. The van der Waals surface area contributed by atoms with Crippen molar-refractivity contribution in [2.45, 2.75) is 38.3 Å². The second-order valence-electron chi connectivity index (χ2n) is 6.49. The molecule has 1 heterocycles. The Morgan fingerprint density at radius 3 is 2.32 bits per heavy atom. The summed E-state index contributed by atoms with van der Waals surface area (Å²) in [6.45, 7) is 1.21. The molecule has 0 aromatic heterocycles. The fourth-order valence-electron chi connectivity index (χ4n) is 3.28. The number of amides is 2. The van der Waals surface area contributed by atoms with Gasteiger partial charge in [-0.3, -0.25) is 9.59 Å². The van der Waals surface area contributed by atoms with Gasteiger partial charge >= 0.3 is 0 Å². The molecule has 1 aliphatic rings. The highest BCUT2D eigenvalue weighted by molar-refractivity contribution is 5.82. The van der Waals surface area contributed by atoms with Crippen LogP contribution in [0.2, 0.25) is 0 Å². The lowest BCUT2D eigenvalue weighted by molar-refractivity contribution is -0.130. The van der Waals surface area contributed by atoms with E-state index in [0.717, 1.165) is 18.4 Å². The molecule has 2 aromatic carbocycles. The summed E-state index contributed by atoms with van der Waals surface area (Å²) >= 11 is 0. The first-order valence-corrected chi connectivity index (χ1v) is 8.86. The lowest BCUT2D eigenvalue weighted by Gasteiger charge is -2.24. The Kier molecular flexibility index (Phi) is 5.83. The van der Waals surface area contributed by atoms with Crippen molar-refractivity contribution in [2.24, 2.45) is 0 Å². The van der Waals surface area contributed by atoms with Gasteiger partial charge in [-0.1, -0.05) is 60.7 Å².